The van der Waals surface area contributed by atoms with E-state index in [9.17, 15) is 13.2 Å². The molecule has 0 unspecified atom stereocenters. The molecule has 5 aromatic rings. The van der Waals surface area contributed by atoms with Crippen LogP contribution in [0.25, 0.3) is 27.3 Å². The summed E-state index contributed by atoms with van der Waals surface area (Å²) >= 11 is 1.54. The van der Waals surface area contributed by atoms with Gasteiger partial charge in [0.2, 0.25) is 10.0 Å². The number of nitrogens with zero attached hydrogens (tertiary/aromatic N) is 4. The number of aromatic nitrogens is 4. The molecule has 5 rings (SSSR count). The van der Waals surface area contributed by atoms with Gasteiger partial charge in [-0.1, -0.05) is 24.3 Å². The maximum atomic E-state index is 13.1. The molecule has 0 saturated heterocycles. The van der Waals surface area contributed by atoms with Crippen LogP contribution in [0.15, 0.2) is 72.2 Å². The van der Waals surface area contributed by atoms with Crippen LogP contribution in [0.5, 0.6) is 0 Å². The Morgan fingerprint density at radius 1 is 1.09 bits per heavy atom. The molecule has 0 radical (unpaired) electrons. The molecular weight excluding hydrogens is 484 g/mol. The fraction of sp³-hybridized carbons (Fsp3) is 0.0833. The van der Waals surface area contributed by atoms with E-state index in [1.165, 1.54) is 11.3 Å². The van der Waals surface area contributed by atoms with Crippen molar-refractivity contribution in [3.8, 4) is 17.1 Å². The number of benzene rings is 2. The zero-order chi connectivity index (χ0) is 24.6. The second-order valence-corrected chi connectivity index (χ2v) is 10.5. The molecule has 0 fully saturated rings. The second kappa shape index (κ2) is 9.02. The first-order valence-corrected chi connectivity index (χ1v) is 13.1. The summed E-state index contributed by atoms with van der Waals surface area (Å²) in [6, 6.07) is 19.7. The number of fused-ring (bicyclic) bond motifs is 1. The number of carbonyl (C=O) groups is 1. The van der Waals surface area contributed by atoms with Gasteiger partial charge in [-0.05, 0) is 55.0 Å². The maximum Gasteiger partial charge on any atom is 0.276 e. The topological polar surface area (TPSA) is 133 Å². The Morgan fingerprint density at radius 3 is 2.63 bits per heavy atom. The molecule has 0 spiro atoms. The van der Waals surface area contributed by atoms with E-state index in [1.807, 2.05) is 43.3 Å². The number of nitrogens with two attached hydrogens (primary N) is 1. The highest BCUT2D eigenvalue weighted by atomic mass is 32.2. The molecule has 0 saturated carbocycles. The minimum atomic E-state index is -3.63. The third-order valence-corrected chi connectivity index (χ3v) is 6.77. The lowest BCUT2D eigenvalue weighted by atomic mass is 10.1. The molecule has 35 heavy (non-hydrogen) atoms. The van der Waals surface area contributed by atoms with Crippen LogP contribution in [0.1, 0.15) is 21.7 Å². The lowest BCUT2D eigenvalue weighted by molar-refractivity contribution is 0.102. The molecule has 0 aliphatic carbocycles. The first kappa shape index (κ1) is 22.8. The number of hydrogen-bond acceptors (Lipinski definition) is 7. The molecule has 0 aliphatic heterocycles. The molecule has 3 aromatic heterocycles. The maximum absolute atomic E-state index is 13.1. The van der Waals surface area contributed by atoms with Crippen molar-refractivity contribution < 1.29 is 13.2 Å². The van der Waals surface area contributed by atoms with E-state index in [4.69, 9.17) is 5.14 Å². The summed E-state index contributed by atoms with van der Waals surface area (Å²) < 4.78 is 25.2. The van der Waals surface area contributed by atoms with E-state index in [-0.39, 0.29) is 11.4 Å². The number of primary sulfonamides is 1. The van der Waals surface area contributed by atoms with E-state index in [0.29, 0.717) is 22.8 Å². The summed E-state index contributed by atoms with van der Waals surface area (Å²) in [5.74, 6) is -0.0886. The normalized spacial score (nSPS) is 11.6. The van der Waals surface area contributed by atoms with E-state index >= 15 is 0 Å². The van der Waals surface area contributed by atoms with Gasteiger partial charge in [-0.15, -0.1) is 11.3 Å². The Morgan fingerprint density at radius 2 is 1.89 bits per heavy atom. The molecule has 11 heteroatoms. The summed E-state index contributed by atoms with van der Waals surface area (Å²) in [5, 5.41) is 12.5. The van der Waals surface area contributed by atoms with Gasteiger partial charge < -0.3 is 5.32 Å². The first-order chi connectivity index (χ1) is 16.7. The van der Waals surface area contributed by atoms with Gasteiger partial charge in [-0.3, -0.25) is 4.79 Å². The molecule has 0 atom stereocenters. The third-order valence-electron chi connectivity index (χ3n) is 5.24. The molecule has 1 amide bonds. The van der Waals surface area contributed by atoms with Crippen LogP contribution in [0.2, 0.25) is 0 Å². The van der Waals surface area contributed by atoms with Crippen LogP contribution in [0.3, 0.4) is 0 Å². The van der Waals surface area contributed by atoms with E-state index in [1.54, 1.807) is 40.5 Å². The quantitative estimate of drug-likeness (QED) is 0.360. The third kappa shape index (κ3) is 5.11. The Hall–Kier alpha value is -3.93. The molecule has 2 aromatic carbocycles. The smallest absolute Gasteiger partial charge is 0.276 e. The summed E-state index contributed by atoms with van der Waals surface area (Å²) in [7, 11) is -3.63. The van der Waals surface area contributed by atoms with Crippen molar-refractivity contribution in [1.29, 1.82) is 0 Å². The number of thiazole rings is 1. The summed E-state index contributed by atoms with van der Waals surface area (Å²) in [4.78, 5) is 22.0. The Labute approximate surface area is 205 Å². The number of rotatable bonds is 6. The minimum absolute atomic E-state index is 0.210. The number of anilines is 1. The standard InChI is InChI=1S/C24H20N6O3S2/c1-15-3-2-4-23(27-15)30-21(17-7-10-19-22(11-17)34-14-26-19)12-20(29-30)24(31)28-18-8-5-16(6-9-18)13-35(25,32)33/h2-12,14H,13H2,1H3,(H,28,31)(H2,25,32,33). The van der Waals surface area contributed by atoms with Gasteiger partial charge in [0, 0.05) is 16.9 Å². The number of hydrogen-bond donors (Lipinski definition) is 2. The average molecular weight is 505 g/mol. The summed E-state index contributed by atoms with van der Waals surface area (Å²) in [6.07, 6.45) is 0. The molecular formula is C24H20N6O3S2. The zero-order valence-electron chi connectivity index (χ0n) is 18.5. The van der Waals surface area contributed by atoms with Gasteiger partial charge in [-0.25, -0.2) is 28.2 Å². The Kier molecular flexibility index (Phi) is 5.89. The highest BCUT2D eigenvalue weighted by Crippen LogP contribution is 2.29. The fourth-order valence-electron chi connectivity index (χ4n) is 3.65. The van der Waals surface area contributed by atoms with E-state index in [0.717, 1.165) is 21.5 Å². The van der Waals surface area contributed by atoms with Crippen molar-refractivity contribution in [3.05, 3.63) is 89.2 Å². The van der Waals surface area contributed by atoms with Crippen molar-refractivity contribution in [3.63, 3.8) is 0 Å². The first-order valence-electron chi connectivity index (χ1n) is 10.5. The number of sulfonamides is 1. The van der Waals surface area contributed by atoms with E-state index in [2.05, 4.69) is 20.4 Å². The lowest BCUT2D eigenvalue weighted by Gasteiger charge is -2.07. The highest BCUT2D eigenvalue weighted by Gasteiger charge is 2.18. The van der Waals surface area contributed by atoms with E-state index < -0.39 is 15.9 Å². The van der Waals surface area contributed by atoms with Gasteiger partial charge in [0.05, 0.1) is 27.2 Å². The van der Waals surface area contributed by atoms with Crippen LogP contribution in [0.4, 0.5) is 5.69 Å². The monoisotopic (exact) mass is 504 g/mol. The molecule has 0 bridgehead atoms. The average Bonchev–Trinajstić information content (AvgIpc) is 3.46. The molecule has 3 N–H and O–H groups in total. The Balaban J connectivity index is 1.49. The predicted octanol–water partition coefficient (Wildman–Crippen LogP) is 3.89. The molecule has 0 aliphatic rings. The number of aryl methyl sites for hydroxylation is 1. The van der Waals surface area contributed by atoms with Gasteiger partial charge in [0.25, 0.3) is 5.91 Å². The SMILES string of the molecule is Cc1cccc(-n2nc(C(=O)Nc3ccc(CS(N)(=O)=O)cc3)cc2-c2ccc3ncsc3c2)n1. The van der Waals surface area contributed by atoms with Crippen molar-refractivity contribution in [2.75, 3.05) is 5.32 Å². The fourth-order valence-corrected chi connectivity index (χ4v) is 5.02. The summed E-state index contributed by atoms with van der Waals surface area (Å²) in [6.45, 7) is 1.89. The number of nitrogens with one attached hydrogen (secondary N) is 1. The van der Waals surface area contributed by atoms with Crippen LogP contribution in [-0.4, -0.2) is 34.1 Å². The van der Waals surface area contributed by atoms with Crippen molar-refractivity contribution in [2.45, 2.75) is 12.7 Å². The number of carbonyl (C=O) groups excluding carboxylic acids is 1. The number of pyridine rings is 1. The summed E-state index contributed by atoms with van der Waals surface area (Å²) in [5.41, 5.74) is 6.36. The van der Waals surface area contributed by atoms with Gasteiger partial charge in [0.15, 0.2) is 11.5 Å². The Bertz CT molecular complexity index is 1660. The van der Waals surface area contributed by atoms with Crippen molar-refractivity contribution in [2.24, 2.45) is 5.14 Å². The van der Waals surface area contributed by atoms with Crippen molar-refractivity contribution >= 4 is 43.2 Å². The molecule has 9 nitrogen and oxygen atoms in total. The van der Waals surface area contributed by atoms with Crippen molar-refractivity contribution in [1.82, 2.24) is 19.7 Å². The largest absolute Gasteiger partial charge is 0.321 e. The van der Waals surface area contributed by atoms with Gasteiger partial charge in [0.1, 0.15) is 0 Å². The minimum Gasteiger partial charge on any atom is -0.321 e. The molecule has 176 valence electrons. The highest BCUT2D eigenvalue weighted by molar-refractivity contribution is 7.88. The number of amides is 1. The predicted molar refractivity (Wildman–Crippen MR) is 136 cm³/mol. The zero-order valence-corrected chi connectivity index (χ0v) is 20.2. The van der Waals surface area contributed by atoms with Gasteiger partial charge in [-0.2, -0.15) is 5.10 Å². The lowest BCUT2D eigenvalue weighted by Crippen LogP contribution is -2.15. The van der Waals surface area contributed by atoms with Crippen LogP contribution < -0.4 is 10.5 Å². The van der Waals surface area contributed by atoms with Crippen LogP contribution >= 0.6 is 11.3 Å². The molecule has 3 heterocycles. The second-order valence-electron chi connectivity index (χ2n) is 7.96. The van der Waals surface area contributed by atoms with Gasteiger partial charge >= 0.3 is 0 Å². The van der Waals surface area contributed by atoms with Crippen LogP contribution in [-0.2, 0) is 15.8 Å². The van der Waals surface area contributed by atoms with Crippen LogP contribution in [0, 0.1) is 6.92 Å².